The molecule has 0 radical (unpaired) electrons. The SMILES string of the molecule is CNC(=O)c1ccc(OC2=NO[C@@](C)(c3ccc(OC(F)(F)F)cc3)C2)cn1. The molecule has 10 heteroatoms. The van der Waals surface area contributed by atoms with E-state index in [1.54, 1.807) is 13.0 Å². The summed E-state index contributed by atoms with van der Waals surface area (Å²) in [6, 6.07) is 8.43. The Kier molecular flexibility index (Phi) is 5.12. The summed E-state index contributed by atoms with van der Waals surface area (Å²) >= 11 is 0. The van der Waals surface area contributed by atoms with Crippen molar-refractivity contribution >= 4 is 11.8 Å². The van der Waals surface area contributed by atoms with E-state index in [4.69, 9.17) is 9.57 Å². The van der Waals surface area contributed by atoms with E-state index in [0.717, 1.165) is 0 Å². The highest BCUT2D eigenvalue weighted by Crippen LogP contribution is 2.36. The molecule has 0 saturated carbocycles. The summed E-state index contributed by atoms with van der Waals surface area (Å²) in [5, 5.41) is 6.35. The number of nitrogens with zero attached hydrogens (tertiary/aromatic N) is 2. The van der Waals surface area contributed by atoms with Crippen LogP contribution in [0, 0.1) is 0 Å². The molecule has 1 N–H and O–H groups in total. The van der Waals surface area contributed by atoms with Gasteiger partial charge in [-0.2, -0.15) is 0 Å². The molecule has 2 heterocycles. The summed E-state index contributed by atoms with van der Waals surface area (Å²) in [5.41, 5.74) is -0.0513. The van der Waals surface area contributed by atoms with Crippen molar-refractivity contribution in [3.63, 3.8) is 0 Å². The van der Waals surface area contributed by atoms with Crippen LogP contribution in [-0.2, 0) is 10.4 Å². The quantitative estimate of drug-likeness (QED) is 0.859. The molecule has 148 valence electrons. The monoisotopic (exact) mass is 395 g/mol. The number of carbonyl (C=O) groups is 1. The first-order valence-corrected chi connectivity index (χ1v) is 8.16. The number of halogens is 3. The summed E-state index contributed by atoms with van der Waals surface area (Å²) in [4.78, 5) is 20.9. The van der Waals surface area contributed by atoms with E-state index in [1.165, 1.54) is 43.6 Å². The lowest BCUT2D eigenvalue weighted by Crippen LogP contribution is -2.23. The zero-order valence-electron chi connectivity index (χ0n) is 14.9. The van der Waals surface area contributed by atoms with E-state index in [2.05, 4.69) is 20.2 Å². The van der Waals surface area contributed by atoms with Gasteiger partial charge in [-0.05, 0) is 36.8 Å². The van der Waals surface area contributed by atoms with Gasteiger partial charge in [0.2, 0.25) is 5.90 Å². The van der Waals surface area contributed by atoms with Crippen molar-refractivity contribution in [1.82, 2.24) is 10.3 Å². The van der Waals surface area contributed by atoms with E-state index < -0.39 is 12.0 Å². The van der Waals surface area contributed by atoms with Gasteiger partial charge in [-0.3, -0.25) is 4.79 Å². The molecule has 0 saturated heterocycles. The second kappa shape index (κ2) is 7.37. The second-order valence-electron chi connectivity index (χ2n) is 6.12. The van der Waals surface area contributed by atoms with Gasteiger partial charge < -0.3 is 19.6 Å². The number of alkyl halides is 3. The average molecular weight is 395 g/mol. The fourth-order valence-electron chi connectivity index (χ4n) is 2.56. The lowest BCUT2D eigenvalue weighted by atomic mass is 9.93. The predicted octanol–water partition coefficient (Wildman–Crippen LogP) is 3.37. The number of aromatic nitrogens is 1. The number of oxime groups is 1. The van der Waals surface area contributed by atoms with E-state index in [-0.39, 0.29) is 29.7 Å². The van der Waals surface area contributed by atoms with Crippen LogP contribution in [0.15, 0.2) is 47.8 Å². The Bertz CT molecular complexity index is 882. The maximum Gasteiger partial charge on any atom is 0.573 e. The second-order valence-corrected chi connectivity index (χ2v) is 6.12. The van der Waals surface area contributed by atoms with Gasteiger partial charge >= 0.3 is 6.36 Å². The molecule has 1 atom stereocenters. The maximum absolute atomic E-state index is 12.3. The molecule has 1 aromatic heterocycles. The lowest BCUT2D eigenvalue weighted by Gasteiger charge is -2.21. The van der Waals surface area contributed by atoms with Crippen LogP contribution in [0.5, 0.6) is 11.5 Å². The van der Waals surface area contributed by atoms with Crippen molar-refractivity contribution < 1.29 is 32.3 Å². The van der Waals surface area contributed by atoms with Gasteiger partial charge in [0.25, 0.3) is 5.91 Å². The minimum absolute atomic E-state index is 0.241. The van der Waals surface area contributed by atoms with E-state index in [9.17, 15) is 18.0 Å². The van der Waals surface area contributed by atoms with Crippen LogP contribution in [-0.4, -0.2) is 30.2 Å². The highest BCUT2D eigenvalue weighted by atomic mass is 19.4. The zero-order chi connectivity index (χ0) is 20.4. The van der Waals surface area contributed by atoms with Crippen LogP contribution < -0.4 is 14.8 Å². The van der Waals surface area contributed by atoms with Crippen LogP contribution >= 0.6 is 0 Å². The Morgan fingerprint density at radius 3 is 2.43 bits per heavy atom. The van der Waals surface area contributed by atoms with Crippen molar-refractivity contribution in [2.75, 3.05) is 7.05 Å². The number of carbonyl (C=O) groups excluding carboxylic acids is 1. The number of pyridine rings is 1. The Hall–Kier alpha value is -3.30. The van der Waals surface area contributed by atoms with E-state index in [0.29, 0.717) is 11.3 Å². The third-order valence-electron chi connectivity index (χ3n) is 3.97. The molecule has 1 aromatic carbocycles. The third kappa shape index (κ3) is 4.51. The number of hydrogen-bond donors (Lipinski definition) is 1. The standard InChI is InChI=1S/C18H16F3N3O4/c1-17(11-3-5-12(6-4-11)27-18(19,20)21)9-15(24-28-17)26-13-7-8-14(23-10-13)16(25)22-2/h3-8,10H,9H2,1-2H3,(H,22,25)/t17-/m1/s1. The molecular weight excluding hydrogens is 379 g/mol. The zero-order valence-corrected chi connectivity index (χ0v) is 14.9. The summed E-state index contributed by atoms with van der Waals surface area (Å²) in [6.45, 7) is 1.74. The number of rotatable bonds is 4. The van der Waals surface area contributed by atoms with Crippen LogP contribution in [0.1, 0.15) is 29.4 Å². The molecule has 2 aromatic rings. The third-order valence-corrected chi connectivity index (χ3v) is 3.97. The van der Waals surface area contributed by atoms with Crippen LogP contribution in [0.4, 0.5) is 13.2 Å². The van der Waals surface area contributed by atoms with Crippen molar-refractivity contribution in [1.29, 1.82) is 0 Å². The summed E-state index contributed by atoms with van der Waals surface area (Å²) in [7, 11) is 1.50. The Morgan fingerprint density at radius 1 is 1.18 bits per heavy atom. The molecule has 3 rings (SSSR count). The van der Waals surface area contributed by atoms with Crippen molar-refractivity contribution in [2.24, 2.45) is 5.16 Å². The fraction of sp³-hybridized carbons (Fsp3) is 0.278. The normalized spacial score (nSPS) is 18.8. The molecule has 7 nitrogen and oxygen atoms in total. The van der Waals surface area contributed by atoms with Crippen LogP contribution in [0.3, 0.4) is 0 Å². The minimum atomic E-state index is -4.75. The number of nitrogens with one attached hydrogen (secondary N) is 1. The molecule has 0 bridgehead atoms. The first-order chi connectivity index (χ1) is 13.2. The highest BCUT2D eigenvalue weighted by Gasteiger charge is 2.38. The van der Waals surface area contributed by atoms with Crippen molar-refractivity contribution in [3.8, 4) is 11.5 Å². The van der Waals surface area contributed by atoms with Gasteiger partial charge in [0.15, 0.2) is 5.60 Å². The molecule has 28 heavy (non-hydrogen) atoms. The summed E-state index contributed by atoms with van der Waals surface area (Å²) < 4.78 is 46.2. The summed E-state index contributed by atoms with van der Waals surface area (Å²) in [6.07, 6.45) is -3.11. The predicted molar refractivity (Wildman–Crippen MR) is 91.9 cm³/mol. The topological polar surface area (TPSA) is 82.0 Å². The highest BCUT2D eigenvalue weighted by molar-refractivity contribution is 5.92. The Balaban J connectivity index is 1.64. The number of benzene rings is 1. The molecule has 0 fully saturated rings. The molecule has 1 amide bonds. The van der Waals surface area contributed by atoms with Crippen molar-refractivity contribution in [3.05, 3.63) is 53.9 Å². The molecule has 1 aliphatic rings. The minimum Gasteiger partial charge on any atom is -0.438 e. The number of amides is 1. The summed E-state index contributed by atoms with van der Waals surface area (Å²) in [5.74, 6) is -0.00285. The Labute approximate surface area is 158 Å². The molecular formula is C18H16F3N3O4. The molecule has 1 aliphatic heterocycles. The van der Waals surface area contributed by atoms with Gasteiger partial charge in [0.05, 0.1) is 12.6 Å². The van der Waals surface area contributed by atoms with Crippen LogP contribution in [0.2, 0.25) is 0 Å². The first-order valence-electron chi connectivity index (χ1n) is 8.16. The average Bonchev–Trinajstić information content (AvgIpc) is 3.03. The van der Waals surface area contributed by atoms with Gasteiger partial charge in [0, 0.05) is 7.05 Å². The lowest BCUT2D eigenvalue weighted by molar-refractivity contribution is -0.274. The van der Waals surface area contributed by atoms with Crippen LogP contribution in [0.25, 0.3) is 0 Å². The first kappa shape index (κ1) is 19.5. The molecule has 0 spiro atoms. The van der Waals surface area contributed by atoms with E-state index in [1.807, 2.05) is 0 Å². The van der Waals surface area contributed by atoms with Gasteiger partial charge in [-0.15, -0.1) is 13.2 Å². The van der Waals surface area contributed by atoms with Gasteiger partial charge in [-0.1, -0.05) is 17.3 Å². The molecule has 0 aliphatic carbocycles. The fourth-order valence-corrected chi connectivity index (χ4v) is 2.56. The Morgan fingerprint density at radius 2 is 1.86 bits per heavy atom. The number of ether oxygens (including phenoxy) is 2. The van der Waals surface area contributed by atoms with Crippen molar-refractivity contribution in [2.45, 2.75) is 25.3 Å². The van der Waals surface area contributed by atoms with Gasteiger partial charge in [-0.25, -0.2) is 4.98 Å². The molecule has 0 unspecified atom stereocenters. The number of hydrogen-bond acceptors (Lipinski definition) is 6. The smallest absolute Gasteiger partial charge is 0.438 e. The maximum atomic E-state index is 12.3. The largest absolute Gasteiger partial charge is 0.573 e. The van der Waals surface area contributed by atoms with Gasteiger partial charge in [0.1, 0.15) is 17.2 Å². The van der Waals surface area contributed by atoms with E-state index >= 15 is 0 Å².